The van der Waals surface area contributed by atoms with Gasteiger partial charge in [0.25, 0.3) is 5.91 Å². The van der Waals surface area contributed by atoms with Gasteiger partial charge in [-0.05, 0) is 12.1 Å². The molecule has 0 atom stereocenters. The molecule has 0 radical (unpaired) electrons. The van der Waals surface area contributed by atoms with Crippen LogP contribution in [0.2, 0.25) is 5.02 Å². The number of benzene rings is 1. The van der Waals surface area contributed by atoms with Gasteiger partial charge >= 0.3 is 0 Å². The molecule has 1 aromatic rings. The third kappa shape index (κ3) is 3.84. The molecular formula is C13H16Cl2FN3O2. The van der Waals surface area contributed by atoms with Crippen molar-refractivity contribution in [3.8, 4) is 0 Å². The molecular weight excluding hydrogens is 320 g/mol. The highest BCUT2D eigenvalue weighted by atomic mass is 35.5. The van der Waals surface area contributed by atoms with Crippen LogP contribution in [0.5, 0.6) is 0 Å². The van der Waals surface area contributed by atoms with Crippen LogP contribution in [0.3, 0.4) is 0 Å². The summed E-state index contributed by atoms with van der Waals surface area (Å²) < 4.78 is 13.7. The molecule has 8 heteroatoms. The van der Waals surface area contributed by atoms with Crippen LogP contribution in [-0.4, -0.2) is 54.3 Å². The molecule has 0 bridgehead atoms. The van der Waals surface area contributed by atoms with Gasteiger partial charge in [0.2, 0.25) is 5.91 Å². The fourth-order valence-corrected chi connectivity index (χ4v) is 2.39. The van der Waals surface area contributed by atoms with E-state index in [0.717, 1.165) is 0 Å². The number of rotatable bonds is 2. The zero-order valence-electron chi connectivity index (χ0n) is 11.2. The molecule has 1 heterocycles. The van der Waals surface area contributed by atoms with Crippen molar-refractivity contribution in [1.82, 2.24) is 9.80 Å². The highest BCUT2D eigenvalue weighted by Crippen LogP contribution is 2.21. The first-order valence-corrected chi connectivity index (χ1v) is 6.63. The van der Waals surface area contributed by atoms with Gasteiger partial charge in [-0.3, -0.25) is 9.59 Å². The van der Waals surface area contributed by atoms with Crippen LogP contribution < -0.4 is 5.73 Å². The summed E-state index contributed by atoms with van der Waals surface area (Å²) in [5.74, 6) is -1.24. The molecule has 21 heavy (non-hydrogen) atoms. The monoisotopic (exact) mass is 335 g/mol. The third-order valence-electron chi connectivity index (χ3n) is 3.27. The van der Waals surface area contributed by atoms with Gasteiger partial charge in [0, 0.05) is 26.2 Å². The maximum absolute atomic E-state index is 13.7. The average molecular weight is 336 g/mol. The first-order valence-electron chi connectivity index (χ1n) is 6.25. The SMILES string of the molecule is Cl.NCC(=O)N1CCN(C(=O)c2c(F)cccc2Cl)CC1. The summed E-state index contributed by atoms with van der Waals surface area (Å²) in [5, 5.41) is 0.0930. The molecule has 1 fully saturated rings. The van der Waals surface area contributed by atoms with E-state index in [1.54, 1.807) is 4.90 Å². The Bertz CT molecular complexity index is 514. The highest BCUT2D eigenvalue weighted by molar-refractivity contribution is 6.33. The van der Waals surface area contributed by atoms with Crippen LogP contribution in [0.4, 0.5) is 4.39 Å². The molecule has 1 aromatic carbocycles. The molecule has 1 aliphatic heterocycles. The lowest BCUT2D eigenvalue weighted by molar-refractivity contribution is -0.131. The standard InChI is InChI=1S/C13H15ClFN3O2.ClH/c14-9-2-1-3-10(15)12(9)13(20)18-6-4-17(5-7-18)11(19)8-16;/h1-3H,4-8,16H2;1H. The maximum Gasteiger partial charge on any atom is 0.258 e. The number of hydrogen-bond acceptors (Lipinski definition) is 3. The van der Waals surface area contributed by atoms with E-state index >= 15 is 0 Å². The number of hydrogen-bond donors (Lipinski definition) is 1. The van der Waals surface area contributed by atoms with E-state index in [2.05, 4.69) is 0 Å². The van der Waals surface area contributed by atoms with Crippen LogP contribution in [0.25, 0.3) is 0 Å². The lowest BCUT2D eigenvalue weighted by atomic mass is 10.1. The van der Waals surface area contributed by atoms with E-state index in [1.165, 1.54) is 23.1 Å². The van der Waals surface area contributed by atoms with Crippen molar-refractivity contribution in [1.29, 1.82) is 0 Å². The van der Waals surface area contributed by atoms with E-state index in [1.807, 2.05) is 0 Å². The zero-order valence-corrected chi connectivity index (χ0v) is 12.8. The van der Waals surface area contributed by atoms with E-state index in [-0.39, 0.29) is 35.4 Å². The van der Waals surface area contributed by atoms with E-state index in [9.17, 15) is 14.0 Å². The molecule has 1 aliphatic rings. The summed E-state index contributed by atoms with van der Waals surface area (Å²) in [4.78, 5) is 26.8. The normalized spacial score (nSPS) is 14.6. The van der Waals surface area contributed by atoms with E-state index < -0.39 is 11.7 Å². The lowest BCUT2D eigenvalue weighted by Crippen LogP contribution is -2.52. The fraction of sp³-hybridized carbons (Fsp3) is 0.385. The van der Waals surface area contributed by atoms with Crippen molar-refractivity contribution in [2.45, 2.75) is 0 Å². The molecule has 116 valence electrons. The number of carbonyl (C=O) groups excluding carboxylic acids is 2. The second kappa shape index (κ2) is 7.59. The van der Waals surface area contributed by atoms with Crippen LogP contribution >= 0.6 is 24.0 Å². The van der Waals surface area contributed by atoms with Gasteiger partial charge in [-0.1, -0.05) is 17.7 Å². The smallest absolute Gasteiger partial charge is 0.258 e. The van der Waals surface area contributed by atoms with Gasteiger partial charge in [-0.2, -0.15) is 0 Å². The Morgan fingerprint density at radius 1 is 1.19 bits per heavy atom. The summed E-state index contributed by atoms with van der Waals surface area (Å²) in [7, 11) is 0. The number of carbonyl (C=O) groups is 2. The predicted octanol–water partition coefficient (Wildman–Crippen LogP) is 1.14. The third-order valence-corrected chi connectivity index (χ3v) is 3.59. The van der Waals surface area contributed by atoms with Crippen LogP contribution in [0.1, 0.15) is 10.4 Å². The van der Waals surface area contributed by atoms with Gasteiger partial charge in [0.15, 0.2) is 0 Å². The van der Waals surface area contributed by atoms with Crippen molar-refractivity contribution in [2.75, 3.05) is 32.7 Å². The molecule has 0 aliphatic carbocycles. The highest BCUT2D eigenvalue weighted by Gasteiger charge is 2.27. The van der Waals surface area contributed by atoms with Crippen LogP contribution in [-0.2, 0) is 4.79 Å². The Hall–Kier alpha value is -1.37. The fourth-order valence-electron chi connectivity index (χ4n) is 2.15. The first kappa shape index (κ1) is 17.7. The number of amides is 2. The first-order chi connectivity index (χ1) is 9.54. The Kier molecular flexibility index (Phi) is 6.39. The molecule has 2 N–H and O–H groups in total. The number of piperazine rings is 1. The summed E-state index contributed by atoms with van der Waals surface area (Å²) in [5.41, 5.74) is 5.17. The Balaban J connectivity index is 0.00000220. The molecule has 2 rings (SSSR count). The van der Waals surface area contributed by atoms with Crippen molar-refractivity contribution in [3.63, 3.8) is 0 Å². The minimum Gasteiger partial charge on any atom is -0.338 e. The van der Waals surface area contributed by atoms with E-state index in [0.29, 0.717) is 26.2 Å². The van der Waals surface area contributed by atoms with Gasteiger partial charge in [-0.15, -0.1) is 12.4 Å². The quantitative estimate of drug-likeness (QED) is 0.881. The van der Waals surface area contributed by atoms with Crippen LogP contribution in [0.15, 0.2) is 18.2 Å². The van der Waals surface area contributed by atoms with Gasteiger partial charge in [0.05, 0.1) is 17.1 Å². The maximum atomic E-state index is 13.7. The molecule has 1 saturated heterocycles. The zero-order chi connectivity index (χ0) is 14.7. The Morgan fingerprint density at radius 3 is 2.29 bits per heavy atom. The molecule has 0 aromatic heterocycles. The number of halogens is 3. The van der Waals surface area contributed by atoms with Crippen molar-refractivity contribution >= 4 is 35.8 Å². The molecule has 0 saturated carbocycles. The molecule has 0 unspecified atom stereocenters. The second-order valence-corrected chi connectivity index (χ2v) is 4.88. The largest absolute Gasteiger partial charge is 0.338 e. The lowest BCUT2D eigenvalue weighted by Gasteiger charge is -2.34. The minimum atomic E-state index is -0.636. The summed E-state index contributed by atoms with van der Waals surface area (Å²) in [6.07, 6.45) is 0. The minimum absolute atomic E-state index is 0. The van der Waals surface area contributed by atoms with E-state index in [4.69, 9.17) is 17.3 Å². The summed E-state index contributed by atoms with van der Waals surface area (Å²) >= 11 is 5.88. The van der Waals surface area contributed by atoms with Gasteiger partial charge < -0.3 is 15.5 Å². The average Bonchev–Trinajstić information content (AvgIpc) is 2.46. The van der Waals surface area contributed by atoms with Crippen molar-refractivity contribution in [2.24, 2.45) is 5.73 Å². The number of nitrogens with two attached hydrogens (primary N) is 1. The molecule has 0 spiro atoms. The van der Waals surface area contributed by atoms with Crippen LogP contribution in [0, 0.1) is 5.82 Å². The second-order valence-electron chi connectivity index (χ2n) is 4.47. The van der Waals surface area contributed by atoms with Gasteiger partial charge in [0.1, 0.15) is 5.82 Å². The molecule has 5 nitrogen and oxygen atoms in total. The topological polar surface area (TPSA) is 66.6 Å². The van der Waals surface area contributed by atoms with Crippen molar-refractivity contribution < 1.29 is 14.0 Å². The predicted molar refractivity (Wildman–Crippen MR) is 80.2 cm³/mol. The molecule has 2 amide bonds. The Labute approximate surface area is 133 Å². The Morgan fingerprint density at radius 2 is 1.76 bits per heavy atom. The van der Waals surface area contributed by atoms with Gasteiger partial charge in [-0.25, -0.2) is 4.39 Å². The summed E-state index contributed by atoms with van der Waals surface area (Å²) in [6.45, 7) is 1.43. The number of nitrogens with zero attached hydrogens (tertiary/aromatic N) is 2. The summed E-state index contributed by atoms with van der Waals surface area (Å²) in [6, 6.07) is 4.13. The van der Waals surface area contributed by atoms with Crippen molar-refractivity contribution in [3.05, 3.63) is 34.6 Å².